The fourth-order valence-electron chi connectivity index (χ4n) is 7.45. The molecule has 0 aromatic rings. The molecule has 9 atom stereocenters. The predicted octanol–water partition coefficient (Wildman–Crippen LogP) is -3.34. The first-order valence-corrected chi connectivity index (χ1v) is 25.9. The van der Waals surface area contributed by atoms with Gasteiger partial charge in [-0.15, -0.1) is 0 Å². The number of hydrogen-bond acceptors (Lipinski definition) is 13. The van der Waals surface area contributed by atoms with Crippen LogP contribution in [-0.2, 0) is 43.2 Å². The predicted molar refractivity (Wildman–Crippen MR) is 290 cm³/mol. The van der Waals surface area contributed by atoms with Crippen LogP contribution in [0.5, 0.6) is 0 Å². The van der Waals surface area contributed by atoms with Crippen molar-refractivity contribution < 1.29 is 48.3 Å². The smallest absolute Gasteiger partial charge is 0.326 e. The molecule has 0 aromatic carbocycles. The zero-order chi connectivity index (χ0) is 58.4. The fraction of sp³-hybridized carbons (Fsp3) is 0.750. The largest absolute Gasteiger partial charge is 0.480 e. The Bertz CT molecular complexity index is 1990. The van der Waals surface area contributed by atoms with Crippen LogP contribution in [0.3, 0.4) is 0 Å². The van der Waals surface area contributed by atoms with Gasteiger partial charge in [0.2, 0.25) is 47.3 Å². The first-order chi connectivity index (χ1) is 35.3. The zero-order valence-electron chi connectivity index (χ0n) is 46.2. The van der Waals surface area contributed by atoms with Crippen LogP contribution in [0, 0.1) is 23.7 Å². The summed E-state index contributed by atoms with van der Waals surface area (Å²) in [5.41, 5.74) is 38.9. The third-order valence-corrected chi connectivity index (χ3v) is 11.3. The molecule has 28 heteroatoms. The Kier molecular flexibility index (Phi) is 32.7. The van der Waals surface area contributed by atoms with Crippen LogP contribution in [-0.4, -0.2) is 150 Å². The van der Waals surface area contributed by atoms with E-state index in [-0.39, 0.29) is 119 Å². The molecule has 434 valence electrons. The van der Waals surface area contributed by atoms with Crippen molar-refractivity contribution >= 4 is 71.1 Å². The van der Waals surface area contributed by atoms with Crippen molar-refractivity contribution in [1.82, 2.24) is 42.5 Å². The molecule has 0 radical (unpaired) electrons. The number of nitrogens with one attached hydrogen (secondary N) is 8. The van der Waals surface area contributed by atoms with Gasteiger partial charge < -0.3 is 87.8 Å². The Morgan fingerprint density at radius 2 is 0.605 bits per heavy atom. The van der Waals surface area contributed by atoms with Gasteiger partial charge >= 0.3 is 5.97 Å². The number of aliphatic carboxylic acids is 1. The van der Waals surface area contributed by atoms with Gasteiger partial charge in [0.25, 0.3) is 0 Å². The number of aliphatic imine (C=N–C) groups is 3. The molecule has 0 rings (SSSR count). The Balaban J connectivity index is 6.52. The van der Waals surface area contributed by atoms with Gasteiger partial charge in [-0.2, -0.15) is 0 Å². The molecule has 0 fully saturated rings. The second-order valence-corrected chi connectivity index (χ2v) is 20.6. The van der Waals surface area contributed by atoms with Crippen molar-refractivity contribution in [3.63, 3.8) is 0 Å². The van der Waals surface area contributed by atoms with Crippen LogP contribution in [0.4, 0.5) is 0 Å². The summed E-state index contributed by atoms with van der Waals surface area (Å²) in [6.07, 6.45) is 1.50. The molecule has 0 saturated carbocycles. The minimum atomic E-state index is -1.31. The standard InChI is InChI=1S/C48H92N18O10/c1-24(2)20-33(43(73)60-29(10)38(68)66-36(45(75)76)23-27(7)8)64-40(70)31(15-12-18-57-47(52)53)61-37(67)28(9)59-42(72)34(21-25(3)4)65-41(71)32(16-13-19-58-48(54)55)62-44(74)35(22-26(5)6)63-39(69)30(49)14-11-17-56-46(50)51/h24-36H,11-23,49H2,1-10H3,(H,59,72)(H,60,73)(H,61,67)(H,62,74)(H,63,69)(H,64,70)(H,65,71)(H,66,68)(H,75,76)(H4,50,51,56)(H4,52,53,57)(H4,54,55,58)/t28-,29-,30-,31-,32-,33-,34-,35-,36-/m0/s1. The number of carboxylic acid groups (broad SMARTS) is 1. The van der Waals surface area contributed by atoms with E-state index in [0.717, 1.165) is 0 Å². The quantitative estimate of drug-likeness (QED) is 0.0164. The second kappa shape index (κ2) is 36.1. The number of amides is 8. The van der Waals surface area contributed by atoms with Gasteiger partial charge in [-0.25, -0.2) is 4.79 Å². The summed E-state index contributed by atoms with van der Waals surface area (Å²) < 4.78 is 0. The van der Waals surface area contributed by atoms with Gasteiger partial charge in [-0.1, -0.05) is 55.4 Å². The number of rotatable bonds is 37. The average Bonchev–Trinajstić information content (AvgIpc) is 3.29. The molecular weight excluding hydrogens is 989 g/mol. The van der Waals surface area contributed by atoms with Gasteiger partial charge in [0.15, 0.2) is 17.9 Å². The molecule has 0 spiro atoms. The van der Waals surface area contributed by atoms with Gasteiger partial charge in [0.05, 0.1) is 6.04 Å². The highest BCUT2D eigenvalue weighted by atomic mass is 16.4. The molecule has 0 saturated heterocycles. The Morgan fingerprint density at radius 1 is 0.355 bits per heavy atom. The van der Waals surface area contributed by atoms with Gasteiger partial charge in [0.1, 0.15) is 48.3 Å². The first-order valence-electron chi connectivity index (χ1n) is 25.9. The van der Waals surface area contributed by atoms with Gasteiger partial charge in [0, 0.05) is 19.6 Å². The second-order valence-electron chi connectivity index (χ2n) is 20.6. The van der Waals surface area contributed by atoms with Crippen molar-refractivity contribution in [2.45, 2.75) is 188 Å². The van der Waals surface area contributed by atoms with E-state index in [1.54, 1.807) is 41.5 Å². The maximum absolute atomic E-state index is 14.1. The first kappa shape index (κ1) is 69.0. The molecule has 0 aliphatic heterocycles. The van der Waals surface area contributed by atoms with Gasteiger partial charge in [-0.05, 0) is 102 Å². The summed E-state index contributed by atoms with van der Waals surface area (Å²) in [4.78, 5) is 133. The molecule has 28 nitrogen and oxygen atoms in total. The number of carbonyl (C=O) groups excluding carboxylic acids is 8. The number of nitrogens with two attached hydrogens (primary N) is 7. The highest BCUT2D eigenvalue weighted by Gasteiger charge is 2.34. The van der Waals surface area contributed by atoms with E-state index in [0.29, 0.717) is 6.42 Å². The van der Waals surface area contributed by atoms with E-state index in [4.69, 9.17) is 40.1 Å². The number of hydrogen-bond donors (Lipinski definition) is 16. The maximum Gasteiger partial charge on any atom is 0.326 e. The van der Waals surface area contributed by atoms with E-state index in [1.807, 2.05) is 13.8 Å². The Labute approximate surface area is 447 Å². The molecule has 0 heterocycles. The minimum Gasteiger partial charge on any atom is -0.480 e. The van der Waals surface area contributed by atoms with E-state index in [9.17, 15) is 48.3 Å². The SMILES string of the molecule is CC(C)C[C@H](NC(=O)[C@H](C)NC(=O)[C@H](CC(C)C)NC(=O)[C@H](CCCN=C(N)N)NC(=O)[C@H](C)NC(=O)[C@H](CC(C)C)NC(=O)[C@H](CCCN=C(N)N)NC(=O)[C@H](CC(C)C)NC(=O)[C@@H](N)CCCN=C(N)N)C(=O)O. The van der Waals surface area contributed by atoms with Crippen LogP contribution < -0.4 is 82.7 Å². The third-order valence-electron chi connectivity index (χ3n) is 11.3. The summed E-state index contributed by atoms with van der Waals surface area (Å²) in [6, 6.07) is -10.8. The zero-order valence-corrected chi connectivity index (χ0v) is 46.2. The van der Waals surface area contributed by atoms with Crippen LogP contribution in [0.2, 0.25) is 0 Å². The Morgan fingerprint density at radius 3 is 0.921 bits per heavy atom. The van der Waals surface area contributed by atoms with Crippen molar-refractivity contribution in [1.29, 1.82) is 0 Å². The number of guanidine groups is 3. The lowest BCUT2D eigenvalue weighted by Gasteiger charge is -2.28. The summed E-state index contributed by atoms with van der Waals surface area (Å²) in [7, 11) is 0. The summed E-state index contributed by atoms with van der Waals surface area (Å²) >= 11 is 0. The van der Waals surface area contributed by atoms with E-state index >= 15 is 0 Å². The number of carboxylic acids is 1. The highest BCUT2D eigenvalue weighted by molar-refractivity contribution is 5.98. The summed E-state index contributed by atoms with van der Waals surface area (Å²) in [5, 5.41) is 30.6. The van der Waals surface area contributed by atoms with E-state index in [1.165, 1.54) is 13.8 Å². The number of nitrogens with zero attached hydrogens (tertiary/aromatic N) is 3. The van der Waals surface area contributed by atoms with Crippen LogP contribution >= 0.6 is 0 Å². The van der Waals surface area contributed by atoms with Crippen molar-refractivity contribution in [3.05, 3.63) is 0 Å². The van der Waals surface area contributed by atoms with E-state index < -0.39 is 108 Å². The average molecular weight is 1080 g/mol. The molecule has 0 unspecified atom stereocenters. The molecular formula is C48H92N18O10. The third kappa shape index (κ3) is 30.4. The monoisotopic (exact) mass is 1080 g/mol. The lowest BCUT2D eigenvalue weighted by Crippen LogP contribution is -2.60. The maximum atomic E-state index is 14.1. The van der Waals surface area contributed by atoms with Crippen molar-refractivity contribution in [3.8, 4) is 0 Å². The lowest BCUT2D eigenvalue weighted by atomic mass is 10.00. The molecule has 23 N–H and O–H groups in total. The normalized spacial score (nSPS) is 14.7. The van der Waals surface area contributed by atoms with Crippen LogP contribution in [0.25, 0.3) is 0 Å². The van der Waals surface area contributed by atoms with E-state index in [2.05, 4.69) is 57.5 Å². The molecule has 0 aromatic heterocycles. The molecule has 0 aliphatic carbocycles. The number of carbonyl (C=O) groups is 9. The molecule has 0 aliphatic rings. The van der Waals surface area contributed by atoms with Crippen LogP contribution in [0.15, 0.2) is 15.0 Å². The molecule has 0 bridgehead atoms. The minimum absolute atomic E-state index is 0.00215. The summed E-state index contributed by atoms with van der Waals surface area (Å²) in [6.45, 7) is 17.6. The topological polar surface area (TPSA) is 489 Å². The van der Waals surface area contributed by atoms with Crippen molar-refractivity contribution in [2.75, 3.05) is 19.6 Å². The van der Waals surface area contributed by atoms with Crippen LogP contribution in [0.1, 0.15) is 133 Å². The molecule has 76 heavy (non-hydrogen) atoms. The van der Waals surface area contributed by atoms with Crippen molar-refractivity contribution in [2.24, 2.45) is 78.8 Å². The summed E-state index contributed by atoms with van der Waals surface area (Å²) in [5.74, 6) is -8.11. The van der Waals surface area contributed by atoms with Gasteiger partial charge in [-0.3, -0.25) is 53.3 Å². The Hall–Kier alpha value is -7.00. The molecule has 8 amide bonds. The fourth-order valence-corrected chi connectivity index (χ4v) is 7.45. The lowest BCUT2D eigenvalue weighted by molar-refractivity contribution is -0.142. The highest BCUT2D eigenvalue weighted by Crippen LogP contribution is 2.13.